The monoisotopic (exact) mass is 708 g/mol. The van der Waals surface area contributed by atoms with E-state index >= 15 is 4.39 Å². The number of alkyl halides is 1. The Kier molecular flexibility index (Phi) is 7.54. The Hall–Kier alpha value is -2.66. The van der Waals surface area contributed by atoms with Crippen LogP contribution in [0.5, 0.6) is 0 Å². The van der Waals surface area contributed by atoms with Crippen LogP contribution < -0.4 is 17.0 Å². The zero-order valence-corrected chi connectivity index (χ0v) is 25.9. The fourth-order valence-electron chi connectivity index (χ4n) is 5.31. The zero-order valence-electron chi connectivity index (χ0n) is 22.4. The van der Waals surface area contributed by atoms with Gasteiger partial charge in [0.2, 0.25) is 11.7 Å². The fraction of sp³-hybridized carbons (Fsp3) is 0.500. The van der Waals surface area contributed by atoms with Crippen molar-refractivity contribution in [2.75, 3.05) is 31.3 Å². The molecule has 7 rings (SSSR count). The van der Waals surface area contributed by atoms with Crippen molar-refractivity contribution in [2.45, 2.75) is 42.5 Å². The molecule has 7 heterocycles. The molecule has 0 aliphatic carbocycles. The maximum atomic E-state index is 16.9. The first-order valence-electron chi connectivity index (χ1n) is 12.9. The average Bonchev–Trinajstić information content (AvgIpc) is 3.73. The number of aliphatic hydroxyl groups excluding tert-OH is 1. The summed E-state index contributed by atoms with van der Waals surface area (Å²) in [5.41, 5.74) is 10.8. The van der Waals surface area contributed by atoms with Gasteiger partial charge < -0.3 is 35.5 Å². The van der Waals surface area contributed by atoms with Gasteiger partial charge in [-0.2, -0.15) is 4.98 Å². The normalized spacial score (nSPS) is 37.7. The second kappa shape index (κ2) is 11.0. The Morgan fingerprint density at radius 3 is 2.67 bits per heavy atom. The van der Waals surface area contributed by atoms with E-state index in [2.05, 4.69) is 42.2 Å². The lowest BCUT2D eigenvalue weighted by atomic mass is 10.1. The highest BCUT2D eigenvalue weighted by Gasteiger charge is 2.57. The molecule has 0 spiro atoms. The van der Waals surface area contributed by atoms with Gasteiger partial charge in [-0.3, -0.25) is 32.5 Å². The van der Waals surface area contributed by atoms with E-state index in [1.54, 1.807) is 0 Å². The topological polar surface area (TPSA) is 272 Å². The third kappa shape index (κ3) is 5.35. The van der Waals surface area contributed by atoms with E-state index in [0.717, 1.165) is 17.2 Å². The number of fused-ring (bicyclic) bond motifs is 5. The molecule has 3 saturated heterocycles. The number of rotatable bonds is 2. The Balaban J connectivity index is 1.23. The number of thiol groups is 1. The molecule has 2 bridgehead atoms. The summed E-state index contributed by atoms with van der Waals surface area (Å²) in [6.07, 6.45) is -5.47. The molecule has 7 N–H and O–H groups in total. The predicted molar refractivity (Wildman–Crippen MR) is 156 cm³/mol. The molecular weight excluding hydrogens is 685 g/mol. The maximum absolute atomic E-state index is 16.9. The van der Waals surface area contributed by atoms with Crippen LogP contribution in [-0.2, 0) is 49.7 Å². The number of aromatic amines is 1. The number of nitrogen functional groups attached to an aromatic ring is 2. The largest absolute Gasteiger partial charge is 0.387 e. The highest BCUT2D eigenvalue weighted by molar-refractivity contribution is 8.44. The van der Waals surface area contributed by atoms with Crippen molar-refractivity contribution in [1.29, 1.82) is 0 Å². The summed E-state index contributed by atoms with van der Waals surface area (Å²) in [5.74, 6) is -2.86. The van der Waals surface area contributed by atoms with Crippen LogP contribution in [0.25, 0.3) is 22.3 Å². The van der Waals surface area contributed by atoms with Gasteiger partial charge in [0.15, 0.2) is 35.0 Å². The number of ether oxygens (including phenoxy) is 2. The SMILES string of the molecule is Nc1nc2c(ncn2[C@@H]2O[C@@H]3COP(O)(=S)O[C@@H]4[C@@H](COP(=O)(S)O[C@@H]2[C@@H]3O)OC[C@]4(F)n2cnc3c(N)ncnc32)c(=O)[nH]1. The highest BCUT2D eigenvalue weighted by atomic mass is 32.7. The minimum Gasteiger partial charge on any atom is -0.387 e. The molecule has 0 amide bonds. The van der Waals surface area contributed by atoms with E-state index in [-0.39, 0.29) is 34.1 Å². The van der Waals surface area contributed by atoms with Gasteiger partial charge in [-0.05, 0) is 11.8 Å². The standard InChI is InChI=1S/C20H23FN10O10P2S2/c21-20(31-6-27-9-14(22)24-4-25-15(9)31)3-36-8-2-38-42(34,44)40-12-11(32)7(1-37-43(35,45)41-13(8)20)39-18(12)30-5-26-10-16(30)28-19(23)29-17(10)33/h4-8,11-13,18,32H,1-3H2,(H,34,44)(H,35,45)(H2,22,24,25)(H3,23,28,29,33)/t7-,8-,11-,12-,13-,18-,20+,42?,43?/m1/s1. The van der Waals surface area contributed by atoms with E-state index in [1.807, 2.05) is 0 Å². The first-order valence-corrected chi connectivity index (χ1v) is 18.2. The molecule has 3 fully saturated rings. The van der Waals surface area contributed by atoms with Crippen molar-refractivity contribution in [3.8, 4) is 0 Å². The number of aliphatic hydroxyl groups is 1. The molecule has 0 saturated carbocycles. The molecular formula is C20H23FN10O10P2S2. The molecule has 4 aromatic rings. The van der Waals surface area contributed by atoms with Crippen LogP contribution in [0.3, 0.4) is 0 Å². The number of H-pyrrole nitrogens is 1. The van der Waals surface area contributed by atoms with Crippen molar-refractivity contribution in [3.05, 3.63) is 29.3 Å². The van der Waals surface area contributed by atoms with Gasteiger partial charge in [0.1, 0.15) is 42.9 Å². The summed E-state index contributed by atoms with van der Waals surface area (Å²) in [5, 5.41) is 11.2. The van der Waals surface area contributed by atoms with Crippen LogP contribution in [0, 0.1) is 0 Å². The van der Waals surface area contributed by atoms with E-state index in [4.69, 9.17) is 50.8 Å². The van der Waals surface area contributed by atoms with Gasteiger partial charge in [0.25, 0.3) is 5.56 Å². The number of nitrogens with one attached hydrogen (secondary N) is 1. The van der Waals surface area contributed by atoms with Crippen LogP contribution >= 0.6 is 25.8 Å². The van der Waals surface area contributed by atoms with Crippen molar-refractivity contribution in [1.82, 2.24) is 39.0 Å². The molecule has 2 unspecified atom stereocenters. The van der Waals surface area contributed by atoms with E-state index in [9.17, 15) is 19.4 Å². The Morgan fingerprint density at radius 1 is 1.11 bits per heavy atom. The van der Waals surface area contributed by atoms with E-state index in [1.165, 1.54) is 10.9 Å². The number of imidazole rings is 2. The minimum absolute atomic E-state index is 0.0116. The van der Waals surface area contributed by atoms with Crippen molar-refractivity contribution in [3.63, 3.8) is 0 Å². The third-order valence-electron chi connectivity index (χ3n) is 7.38. The summed E-state index contributed by atoms with van der Waals surface area (Å²) >= 11 is 9.25. The number of hydrogen-bond donors (Lipinski definition) is 6. The number of halogens is 1. The fourth-order valence-corrected chi connectivity index (χ4v) is 8.21. The molecule has 0 aromatic carbocycles. The number of nitrogens with two attached hydrogens (primary N) is 2. The summed E-state index contributed by atoms with van der Waals surface area (Å²) in [4.78, 5) is 45.7. The van der Waals surface area contributed by atoms with Crippen LogP contribution in [-0.4, -0.2) is 99.4 Å². The Labute approximate surface area is 260 Å². The van der Waals surface area contributed by atoms with Crippen LogP contribution in [0.1, 0.15) is 6.23 Å². The van der Waals surface area contributed by atoms with E-state index < -0.39 is 81.4 Å². The molecule has 242 valence electrons. The quantitative estimate of drug-likeness (QED) is 0.113. The molecule has 45 heavy (non-hydrogen) atoms. The Bertz CT molecular complexity index is 1970. The van der Waals surface area contributed by atoms with Gasteiger partial charge in [-0.25, -0.2) is 28.9 Å². The average molecular weight is 709 g/mol. The van der Waals surface area contributed by atoms with Crippen molar-refractivity contribution in [2.24, 2.45) is 0 Å². The minimum atomic E-state index is -4.41. The van der Waals surface area contributed by atoms with E-state index in [0.29, 0.717) is 0 Å². The lowest BCUT2D eigenvalue weighted by Gasteiger charge is -2.32. The van der Waals surface area contributed by atoms with Gasteiger partial charge >= 0.3 is 13.5 Å². The summed E-state index contributed by atoms with van der Waals surface area (Å²) in [6, 6.07) is 0. The molecule has 25 heteroatoms. The second-order valence-electron chi connectivity index (χ2n) is 10.2. The number of nitrogens with zero attached hydrogens (tertiary/aromatic N) is 7. The number of anilines is 2. The lowest BCUT2D eigenvalue weighted by Crippen LogP contribution is -2.45. The summed E-state index contributed by atoms with van der Waals surface area (Å²) in [6.45, 7) is -10.7. The lowest BCUT2D eigenvalue weighted by molar-refractivity contribution is -0.0624. The molecule has 9 atom stereocenters. The summed E-state index contributed by atoms with van der Waals surface area (Å²) < 4.78 is 66.5. The van der Waals surface area contributed by atoms with Gasteiger partial charge in [-0.15, -0.1) is 0 Å². The smallest absolute Gasteiger partial charge is 0.386 e. The third-order valence-corrected chi connectivity index (χ3v) is 10.5. The molecule has 4 aromatic heterocycles. The summed E-state index contributed by atoms with van der Waals surface area (Å²) in [7, 11) is 0. The number of hydrogen-bond acceptors (Lipinski definition) is 17. The molecule has 3 aliphatic rings. The maximum Gasteiger partial charge on any atom is 0.386 e. The Morgan fingerprint density at radius 2 is 1.87 bits per heavy atom. The van der Waals surface area contributed by atoms with Gasteiger partial charge in [-0.1, -0.05) is 12.2 Å². The zero-order chi connectivity index (χ0) is 31.9. The molecule has 0 radical (unpaired) electrons. The van der Waals surface area contributed by atoms with Crippen LogP contribution in [0.2, 0.25) is 0 Å². The second-order valence-corrected chi connectivity index (χ2v) is 15.8. The van der Waals surface area contributed by atoms with Gasteiger partial charge in [0.05, 0.1) is 25.9 Å². The van der Waals surface area contributed by atoms with Crippen molar-refractivity contribution < 1.29 is 46.5 Å². The highest BCUT2D eigenvalue weighted by Crippen LogP contribution is 2.58. The first kappa shape index (κ1) is 31.0. The number of aromatic nitrogens is 8. The van der Waals surface area contributed by atoms with Crippen LogP contribution in [0.15, 0.2) is 23.8 Å². The predicted octanol–water partition coefficient (Wildman–Crippen LogP) is -0.525. The first-order chi connectivity index (χ1) is 21.3. The molecule has 20 nitrogen and oxygen atoms in total. The van der Waals surface area contributed by atoms with Crippen LogP contribution in [0.4, 0.5) is 16.2 Å². The molecule has 3 aliphatic heterocycles. The van der Waals surface area contributed by atoms with Gasteiger partial charge in [0, 0.05) is 0 Å². The van der Waals surface area contributed by atoms with Crippen molar-refractivity contribution >= 4 is 71.7 Å².